The summed E-state index contributed by atoms with van der Waals surface area (Å²) in [4.78, 5) is 14.0. The van der Waals surface area contributed by atoms with Crippen LogP contribution in [0.15, 0.2) is 30.3 Å². The SMILES string of the molecule is C[C@H](CC(=O)N1CCC(O)CC1)c1ccccc1. The summed E-state index contributed by atoms with van der Waals surface area (Å²) in [6.07, 6.45) is 1.76. The molecule has 1 aromatic carbocycles. The van der Waals surface area contributed by atoms with Gasteiger partial charge in [0.2, 0.25) is 5.91 Å². The molecule has 0 aromatic heterocycles. The van der Waals surface area contributed by atoms with Crippen LogP contribution in [0.25, 0.3) is 0 Å². The highest BCUT2D eigenvalue weighted by Crippen LogP contribution is 2.21. The first-order valence-electron chi connectivity index (χ1n) is 6.67. The average Bonchev–Trinajstić information content (AvgIpc) is 2.40. The fourth-order valence-electron chi connectivity index (χ4n) is 2.41. The van der Waals surface area contributed by atoms with Crippen molar-refractivity contribution in [2.75, 3.05) is 13.1 Å². The lowest BCUT2D eigenvalue weighted by Crippen LogP contribution is -2.40. The molecule has 1 amide bonds. The number of benzene rings is 1. The average molecular weight is 247 g/mol. The van der Waals surface area contributed by atoms with Crippen LogP contribution in [0.1, 0.15) is 37.7 Å². The molecule has 0 spiro atoms. The number of likely N-dealkylation sites (tertiary alicyclic amines) is 1. The van der Waals surface area contributed by atoms with Crippen molar-refractivity contribution in [3.05, 3.63) is 35.9 Å². The molecular weight excluding hydrogens is 226 g/mol. The number of aliphatic hydroxyl groups excluding tert-OH is 1. The number of hydrogen-bond acceptors (Lipinski definition) is 2. The number of hydrogen-bond donors (Lipinski definition) is 1. The molecular formula is C15H21NO2. The quantitative estimate of drug-likeness (QED) is 0.889. The van der Waals surface area contributed by atoms with E-state index in [-0.39, 0.29) is 17.9 Å². The molecule has 18 heavy (non-hydrogen) atoms. The Hall–Kier alpha value is -1.35. The minimum atomic E-state index is -0.222. The predicted octanol–water partition coefficient (Wildman–Crippen LogP) is 2.16. The lowest BCUT2D eigenvalue weighted by molar-refractivity contribution is -0.133. The summed E-state index contributed by atoms with van der Waals surface area (Å²) in [6, 6.07) is 10.1. The van der Waals surface area contributed by atoms with E-state index in [1.807, 2.05) is 23.1 Å². The van der Waals surface area contributed by atoms with Crippen LogP contribution in [0.2, 0.25) is 0 Å². The summed E-state index contributed by atoms with van der Waals surface area (Å²) in [5, 5.41) is 9.43. The number of piperidine rings is 1. The molecule has 1 aromatic rings. The monoisotopic (exact) mass is 247 g/mol. The largest absolute Gasteiger partial charge is 0.393 e. The number of carbonyl (C=O) groups is 1. The van der Waals surface area contributed by atoms with Crippen LogP contribution < -0.4 is 0 Å². The molecule has 1 aliphatic rings. The van der Waals surface area contributed by atoms with E-state index in [0.29, 0.717) is 32.4 Å². The smallest absolute Gasteiger partial charge is 0.223 e. The summed E-state index contributed by atoms with van der Waals surface area (Å²) in [7, 11) is 0. The van der Waals surface area contributed by atoms with Crippen molar-refractivity contribution in [3.8, 4) is 0 Å². The van der Waals surface area contributed by atoms with Crippen LogP contribution in [0.5, 0.6) is 0 Å². The van der Waals surface area contributed by atoms with Gasteiger partial charge in [-0.15, -0.1) is 0 Å². The third-order valence-electron chi connectivity index (χ3n) is 3.67. The molecule has 98 valence electrons. The van der Waals surface area contributed by atoms with Gasteiger partial charge in [-0.3, -0.25) is 4.79 Å². The molecule has 0 aliphatic carbocycles. The Morgan fingerprint density at radius 3 is 2.56 bits per heavy atom. The maximum atomic E-state index is 12.1. The molecule has 0 saturated carbocycles. The van der Waals surface area contributed by atoms with Crippen LogP contribution >= 0.6 is 0 Å². The Kier molecular flexibility index (Phi) is 4.37. The molecule has 3 nitrogen and oxygen atoms in total. The zero-order chi connectivity index (χ0) is 13.0. The highest BCUT2D eigenvalue weighted by Gasteiger charge is 2.22. The third kappa shape index (κ3) is 3.33. The van der Waals surface area contributed by atoms with Crippen LogP contribution in [0, 0.1) is 0 Å². The Labute approximate surface area is 108 Å². The first kappa shape index (κ1) is 13.1. The van der Waals surface area contributed by atoms with Gasteiger partial charge in [-0.25, -0.2) is 0 Å². The standard InChI is InChI=1S/C15H21NO2/c1-12(13-5-3-2-4-6-13)11-15(18)16-9-7-14(17)8-10-16/h2-6,12,14,17H,7-11H2,1H3/t12-/m1/s1. The molecule has 1 saturated heterocycles. The van der Waals surface area contributed by atoms with Crippen molar-refractivity contribution in [3.63, 3.8) is 0 Å². The zero-order valence-corrected chi connectivity index (χ0v) is 10.9. The van der Waals surface area contributed by atoms with Gasteiger partial charge in [-0.2, -0.15) is 0 Å². The van der Waals surface area contributed by atoms with Crippen molar-refractivity contribution in [1.82, 2.24) is 4.90 Å². The van der Waals surface area contributed by atoms with E-state index in [0.717, 1.165) is 0 Å². The fourth-order valence-corrected chi connectivity index (χ4v) is 2.41. The van der Waals surface area contributed by atoms with E-state index in [1.54, 1.807) is 0 Å². The number of nitrogens with zero attached hydrogens (tertiary/aromatic N) is 1. The molecule has 2 rings (SSSR count). The van der Waals surface area contributed by atoms with Crippen LogP contribution in [0.4, 0.5) is 0 Å². The molecule has 1 aliphatic heterocycles. The molecule has 0 radical (unpaired) electrons. The first-order chi connectivity index (χ1) is 8.66. The number of rotatable bonds is 3. The van der Waals surface area contributed by atoms with E-state index >= 15 is 0 Å². The minimum Gasteiger partial charge on any atom is -0.393 e. The van der Waals surface area contributed by atoms with Gasteiger partial charge in [-0.05, 0) is 24.3 Å². The van der Waals surface area contributed by atoms with Crippen molar-refractivity contribution >= 4 is 5.91 Å². The van der Waals surface area contributed by atoms with Gasteiger partial charge in [0.15, 0.2) is 0 Å². The van der Waals surface area contributed by atoms with Crippen LogP contribution in [0.3, 0.4) is 0 Å². The van der Waals surface area contributed by atoms with Gasteiger partial charge in [0, 0.05) is 19.5 Å². The van der Waals surface area contributed by atoms with E-state index in [9.17, 15) is 9.90 Å². The summed E-state index contributed by atoms with van der Waals surface area (Å²) >= 11 is 0. The summed E-state index contributed by atoms with van der Waals surface area (Å²) in [6.45, 7) is 3.48. The highest BCUT2D eigenvalue weighted by atomic mass is 16.3. The summed E-state index contributed by atoms with van der Waals surface area (Å²) in [5.74, 6) is 0.462. The van der Waals surface area contributed by atoms with E-state index in [2.05, 4.69) is 19.1 Å². The predicted molar refractivity (Wildman–Crippen MR) is 71.3 cm³/mol. The fraction of sp³-hybridized carbons (Fsp3) is 0.533. The molecule has 0 bridgehead atoms. The molecule has 0 unspecified atom stereocenters. The molecule has 1 N–H and O–H groups in total. The lowest BCUT2D eigenvalue weighted by atomic mass is 9.96. The van der Waals surface area contributed by atoms with Gasteiger partial charge in [0.25, 0.3) is 0 Å². The van der Waals surface area contributed by atoms with Crippen molar-refractivity contribution in [2.24, 2.45) is 0 Å². The second-order valence-electron chi connectivity index (χ2n) is 5.13. The van der Waals surface area contributed by atoms with Crippen LogP contribution in [-0.2, 0) is 4.79 Å². The Balaban J connectivity index is 1.87. The van der Waals surface area contributed by atoms with E-state index < -0.39 is 0 Å². The maximum absolute atomic E-state index is 12.1. The van der Waals surface area contributed by atoms with Gasteiger partial charge >= 0.3 is 0 Å². The Morgan fingerprint density at radius 2 is 1.94 bits per heavy atom. The van der Waals surface area contributed by atoms with Gasteiger partial charge in [-0.1, -0.05) is 37.3 Å². The second kappa shape index (κ2) is 6.01. The highest BCUT2D eigenvalue weighted by molar-refractivity contribution is 5.77. The Morgan fingerprint density at radius 1 is 1.33 bits per heavy atom. The number of aliphatic hydroxyl groups is 1. The zero-order valence-electron chi connectivity index (χ0n) is 10.9. The third-order valence-corrected chi connectivity index (χ3v) is 3.67. The normalized spacial score (nSPS) is 18.7. The molecule has 3 heteroatoms. The van der Waals surface area contributed by atoms with Crippen LogP contribution in [-0.4, -0.2) is 35.1 Å². The molecule has 1 heterocycles. The Bertz CT molecular complexity index is 383. The molecule has 1 atom stereocenters. The number of carbonyl (C=O) groups excluding carboxylic acids is 1. The van der Waals surface area contributed by atoms with Crippen molar-refractivity contribution in [1.29, 1.82) is 0 Å². The number of amides is 1. The second-order valence-corrected chi connectivity index (χ2v) is 5.13. The summed E-state index contributed by atoms with van der Waals surface area (Å²) < 4.78 is 0. The van der Waals surface area contributed by atoms with Gasteiger partial charge in [0.05, 0.1) is 6.10 Å². The first-order valence-corrected chi connectivity index (χ1v) is 6.67. The minimum absolute atomic E-state index is 0.207. The van der Waals surface area contributed by atoms with Gasteiger partial charge < -0.3 is 10.0 Å². The van der Waals surface area contributed by atoms with Gasteiger partial charge in [0.1, 0.15) is 0 Å². The van der Waals surface area contributed by atoms with E-state index in [4.69, 9.17) is 0 Å². The van der Waals surface area contributed by atoms with E-state index in [1.165, 1.54) is 5.56 Å². The molecule has 1 fully saturated rings. The lowest BCUT2D eigenvalue weighted by Gasteiger charge is -2.30. The van der Waals surface area contributed by atoms with Crippen molar-refractivity contribution in [2.45, 2.75) is 38.2 Å². The maximum Gasteiger partial charge on any atom is 0.223 e. The summed E-state index contributed by atoms with van der Waals surface area (Å²) in [5.41, 5.74) is 1.21. The topological polar surface area (TPSA) is 40.5 Å². The van der Waals surface area contributed by atoms with Crippen molar-refractivity contribution < 1.29 is 9.90 Å².